The summed E-state index contributed by atoms with van der Waals surface area (Å²) in [6.07, 6.45) is 6.24. The van der Waals surface area contributed by atoms with Crippen LogP contribution in [0.5, 0.6) is 0 Å². The van der Waals surface area contributed by atoms with Crippen molar-refractivity contribution < 1.29 is 4.79 Å². The van der Waals surface area contributed by atoms with Crippen LogP contribution in [-0.2, 0) is 4.79 Å². The molecule has 18 heavy (non-hydrogen) atoms. The molecule has 1 saturated carbocycles. The summed E-state index contributed by atoms with van der Waals surface area (Å²) in [4.78, 5) is 12.1. The molecule has 106 valence electrons. The topological polar surface area (TPSA) is 41.1 Å². The van der Waals surface area contributed by atoms with E-state index >= 15 is 0 Å². The van der Waals surface area contributed by atoms with Gasteiger partial charge in [0.2, 0.25) is 5.91 Å². The minimum absolute atomic E-state index is 0. The van der Waals surface area contributed by atoms with E-state index in [1.165, 1.54) is 32.1 Å². The van der Waals surface area contributed by atoms with Crippen LogP contribution in [-0.4, -0.2) is 25.0 Å². The van der Waals surface area contributed by atoms with Crippen LogP contribution >= 0.6 is 12.4 Å². The van der Waals surface area contributed by atoms with Gasteiger partial charge in [0, 0.05) is 12.0 Å². The predicted molar refractivity (Wildman–Crippen MR) is 77.0 cm³/mol. The maximum atomic E-state index is 12.1. The van der Waals surface area contributed by atoms with Crippen molar-refractivity contribution in [2.45, 2.75) is 52.0 Å². The summed E-state index contributed by atoms with van der Waals surface area (Å²) in [7, 11) is 0. The van der Waals surface area contributed by atoms with Crippen molar-refractivity contribution in [2.75, 3.05) is 13.1 Å². The van der Waals surface area contributed by atoms with Crippen molar-refractivity contribution in [1.82, 2.24) is 10.6 Å². The van der Waals surface area contributed by atoms with Crippen molar-refractivity contribution in [1.29, 1.82) is 0 Å². The van der Waals surface area contributed by atoms with E-state index in [0.717, 1.165) is 19.0 Å². The highest BCUT2D eigenvalue weighted by Crippen LogP contribution is 2.27. The highest BCUT2D eigenvalue weighted by atomic mass is 35.5. The number of nitrogens with one attached hydrogen (secondary N) is 2. The van der Waals surface area contributed by atoms with Gasteiger partial charge in [0.05, 0.1) is 0 Å². The molecule has 0 spiro atoms. The zero-order valence-electron chi connectivity index (χ0n) is 11.6. The van der Waals surface area contributed by atoms with E-state index in [1.54, 1.807) is 0 Å². The summed E-state index contributed by atoms with van der Waals surface area (Å²) in [5, 5.41) is 6.48. The third-order valence-electron chi connectivity index (χ3n) is 4.70. The predicted octanol–water partition coefficient (Wildman–Crippen LogP) is 2.35. The van der Waals surface area contributed by atoms with Crippen LogP contribution in [0.15, 0.2) is 0 Å². The van der Waals surface area contributed by atoms with Crippen LogP contribution in [0.2, 0.25) is 0 Å². The van der Waals surface area contributed by atoms with Gasteiger partial charge in [0.1, 0.15) is 0 Å². The molecule has 1 saturated heterocycles. The third kappa shape index (κ3) is 3.86. The molecular weight excluding hydrogens is 248 g/mol. The lowest BCUT2D eigenvalue weighted by Gasteiger charge is -2.34. The molecule has 0 aromatic rings. The largest absolute Gasteiger partial charge is 0.353 e. The first-order valence-electron chi connectivity index (χ1n) is 7.21. The molecule has 0 bridgehead atoms. The first kappa shape index (κ1) is 15.8. The lowest BCUT2D eigenvalue weighted by molar-refractivity contribution is -0.127. The Labute approximate surface area is 117 Å². The number of halogens is 1. The van der Waals surface area contributed by atoms with Gasteiger partial charge in [0.25, 0.3) is 0 Å². The fourth-order valence-corrected chi connectivity index (χ4v) is 2.93. The lowest BCUT2D eigenvalue weighted by Crippen LogP contribution is -2.51. The zero-order chi connectivity index (χ0) is 12.3. The lowest BCUT2D eigenvalue weighted by atomic mass is 9.83. The van der Waals surface area contributed by atoms with E-state index < -0.39 is 0 Å². The van der Waals surface area contributed by atoms with Crippen LogP contribution < -0.4 is 10.6 Å². The number of rotatable bonds is 4. The van der Waals surface area contributed by atoms with Gasteiger partial charge in [0.15, 0.2) is 0 Å². The number of hydrogen-bond acceptors (Lipinski definition) is 2. The van der Waals surface area contributed by atoms with E-state index in [1.807, 2.05) is 0 Å². The summed E-state index contributed by atoms with van der Waals surface area (Å²) < 4.78 is 0. The summed E-state index contributed by atoms with van der Waals surface area (Å²) in [6.45, 7) is 6.36. The Morgan fingerprint density at radius 2 is 1.89 bits per heavy atom. The molecule has 2 rings (SSSR count). The highest BCUT2D eigenvalue weighted by molar-refractivity contribution is 5.85. The smallest absolute Gasteiger partial charge is 0.223 e. The van der Waals surface area contributed by atoms with Gasteiger partial charge >= 0.3 is 0 Å². The van der Waals surface area contributed by atoms with E-state index in [4.69, 9.17) is 0 Å². The first-order chi connectivity index (χ1) is 8.20. The Balaban J connectivity index is 0.00000162. The van der Waals surface area contributed by atoms with Gasteiger partial charge in [-0.2, -0.15) is 0 Å². The average Bonchev–Trinajstić information content (AvgIpc) is 2.27. The molecule has 1 aliphatic heterocycles. The fourth-order valence-electron chi connectivity index (χ4n) is 2.93. The summed E-state index contributed by atoms with van der Waals surface area (Å²) in [6, 6.07) is 0.445. The van der Waals surface area contributed by atoms with Crippen LogP contribution in [0.4, 0.5) is 0 Å². The molecule has 4 heteroatoms. The van der Waals surface area contributed by atoms with Crippen molar-refractivity contribution in [2.24, 2.45) is 17.8 Å². The number of hydrogen-bond donors (Lipinski definition) is 2. The van der Waals surface area contributed by atoms with Crippen LogP contribution in [0.1, 0.15) is 46.0 Å². The van der Waals surface area contributed by atoms with Gasteiger partial charge < -0.3 is 10.6 Å². The molecule has 2 N–H and O–H groups in total. The SMILES string of the molecule is CCC1CCC(NC(=O)C(C)C2CNC2)CC1.Cl. The van der Waals surface area contributed by atoms with Gasteiger partial charge in [-0.25, -0.2) is 0 Å². The third-order valence-corrected chi connectivity index (χ3v) is 4.70. The first-order valence-corrected chi connectivity index (χ1v) is 7.21. The molecule has 1 amide bonds. The maximum absolute atomic E-state index is 12.1. The second-order valence-corrected chi connectivity index (χ2v) is 5.84. The van der Waals surface area contributed by atoms with Crippen molar-refractivity contribution in [3.05, 3.63) is 0 Å². The Bertz CT molecular complexity index is 261. The molecule has 1 unspecified atom stereocenters. The summed E-state index contributed by atoms with van der Waals surface area (Å²) >= 11 is 0. The van der Waals surface area contributed by atoms with E-state index in [9.17, 15) is 4.79 Å². The Hall–Kier alpha value is -0.280. The van der Waals surface area contributed by atoms with Gasteiger partial charge in [-0.15, -0.1) is 12.4 Å². The minimum Gasteiger partial charge on any atom is -0.353 e. The second-order valence-electron chi connectivity index (χ2n) is 5.84. The second kappa shape index (κ2) is 7.34. The monoisotopic (exact) mass is 274 g/mol. The van der Waals surface area contributed by atoms with Crippen LogP contribution in [0, 0.1) is 17.8 Å². The van der Waals surface area contributed by atoms with Crippen molar-refractivity contribution in [3.63, 3.8) is 0 Å². The van der Waals surface area contributed by atoms with E-state index in [0.29, 0.717) is 12.0 Å². The molecule has 1 atom stereocenters. The van der Waals surface area contributed by atoms with Gasteiger partial charge in [-0.3, -0.25) is 4.79 Å². The van der Waals surface area contributed by atoms with Crippen LogP contribution in [0.25, 0.3) is 0 Å². The quantitative estimate of drug-likeness (QED) is 0.826. The molecule has 3 nitrogen and oxygen atoms in total. The van der Waals surface area contributed by atoms with Gasteiger partial charge in [-0.1, -0.05) is 20.3 Å². The number of amides is 1. The zero-order valence-corrected chi connectivity index (χ0v) is 12.4. The van der Waals surface area contributed by atoms with Crippen molar-refractivity contribution >= 4 is 18.3 Å². The van der Waals surface area contributed by atoms with Gasteiger partial charge in [-0.05, 0) is 50.6 Å². The molecule has 0 radical (unpaired) electrons. The molecule has 0 aromatic heterocycles. The maximum Gasteiger partial charge on any atom is 0.223 e. The molecule has 2 aliphatic rings. The standard InChI is InChI=1S/C14H26N2O.ClH/c1-3-11-4-6-13(7-5-11)16-14(17)10(2)12-8-15-9-12;/h10-13,15H,3-9H2,1-2H3,(H,16,17);1H. The molecule has 2 fully saturated rings. The number of carbonyl (C=O) groups is 1. The molecular formula is C14H27ClN2O. The van der Waals surface area contributed by atoms with E-state index in [-0.39, 0.29) is 24.2 Å². The Morgan fingerprint density at radius 1 is 1.28 bits per heavy atom. The summed E-state index contributed by atoms with van der Waals surface area (Å²) in [5.41, 5.74) is 0. The fraction of sp³-hybridized carbons (Fsp3) is 0.929. The average molecular weight is 275 g/mol. The van der Waals surface area contributed by atoms with Crippen molar-refractivity contribution in [3.8, 4) is 0 Å². The van der Waals surface area contributed by atoms with Crippen LogP contribution in [0.3, 0.4) is 0 Å². The minimum atomic E-state index is 0. The number of carbonyl (C=O) groups excluding carboxylic acids is 1. The Morgan fingerprint density at radius 3 is 2.33 bits per heavy atom. The summed E-state index contributed by atoms with van der Waals surface area (Å²) in [5.74, 6) is 1.91. The normalized spacial score (nSPS) is 29.9. The highest BCUT2D eigenvalue weighted by Gasteiger charge is 2.30. The molecule has 1 heterocycles. The Kier molecular flexibility index (Phi) is 6.44. The molecule has 0 aromatic carbocycles. The molecule has 1 aliphatic carbocycles. The van der Waals surface area contributed by atoms with E-state index in [2.05, 4.69) is 24.5 Å².